The number of hydrogen-bond acceptors (Lipinski definition) is 4. The maximum atomic E-state index is 10.8. The van der Waals surface area contributed by atoms with E-state index in [2.05, 4.69) is 17.6 Å². The molecule has 104 valence electrons. The molecule has 0 bridgehead atoms. The SMILES string of the molecule is Cc1cc([N+](=O)[O-])c(Cl)cc1NC1CCCNC1C. The Labute approximate surface area is 117 Å². The topological polar surface area (TPSA) is 67.2 Å². The van der Waals surface area contributed by atoms with E-state index in [4.69, 9.17) is 11.6 Å². The van der Waals surface area contributed by atoms with E-state index in [9.17, 15) is 10.1 Å². The first-order chi connectivity index (χ1) is 8.99. The first-order valence-electron chi connectivity index (χ1n) is 6.43. The number of piperidine rings is 1. The van der Waals surface area contributed by atoms with Crippen molar-refractivity contribution in [3.05, 3.63) is 32.8 Å². The highest BCUT2D eigenvalue weighted by molar-refractivity contribution is 6.33. The molecule has 1 aliphatic rings. The van der Waals surface area contributed by atoms with Gasteiger partial charge in [-0.25, -0.2) is 0 Å². The van der Waals surface area contributed by atoms with Gasteiger partial charge in [-0.2, -0.15) is 0 Å². The highest BCUT2D eigenvalue weighted by Crippen LogP contribution is 2.31. The van der Waals surface area contributed by atoms with Crippen LogP contribution in [0, 0.1) is 17.0 Å². The van der Waals surface area contributed by atoms with E-state index >= 15 is 0 Å². The van der Waals surface area contributed by atoms with E-state index in [-0.39, 0.29) is 10.7 Å². The third-order valence-electron chi connectivity index (χ3n) is 3.59. The Morgan fingerprint density at radius 2 is 2.26 bits per heavy atom. The molecule has 1 fully saturated rings. The summed E-state index contributed by atoms with van der Waals surface area (Å²) in [6.07, 6.45) is 2.21. The van der Waals surface area contributed by atoms with Crippen molar-refractivity contribution in [3.63, 3.8) is 0 Å². The second-order valence-corrected chi connectivity index (χ2v) is 5.42. The number of anilines is 1. The van der Waals surface area contributed by atoms with Gasteiger partial charge in [0.05, 0.1) is 4.92 Å². The van der Waals surface area contributed by atoms with Gasteiger partial charge in [-0.3, -0.25) is 10.1 Å². The zero-order valence-electron chi connectivity index (χ0n) is 11.1. The summed E-state index contributed by atoms with van der Waals surface area (Å²) in [6, 6.07) is 3.87. The smallest absolute Gasteiger partial charge is 0.288 e. The molecule has 1 aromatic rings. The second kappa shape index (κ2) is 5.75. The minimum absolute atomic E-state index is 0.0421. The van der Waals surface area contributed by atoms with Crippen molar-refractivity contribution < 1.29 is 4.92 Å². The van der Waals surface area contributed by atoms with Crippen LogP contribution in [0.3, 0.4) is 0 Å². The molecule has 0 radical (unpaired) electrons. The molecular formula is C13H18ClN3O2. The normalized spacial score (nSPS) is 23.1. The predicted molar refractivity (Wildman–Crippen MR) is 77.0 cm³/mol. The molecular weight excluding hydrogens is 266 g/mol. The Hall–Kier alpha value is -1.33. The molecule has 19 heavy (non-hydrogen) atoms. The first-order valence-corrected chi connectivity index (χ1v) is 6.81. The number of nitro groups is 1. The largest absolute Gasteiger partial charge is 0.380 e. The summed E-state index contributed by atoms with van der Waals surface area (Å²) in [4.78, 5) is 10.4. The minimum atomic E-state index is -0.454. The molecule has 2 atom stereocenters. The fraction of sp³-hybridized carbons (Fsp3) is 0.538. The molecule has 5 nitrogen and oxygen atoms in total. The summed E-state index contributed by atoms with van der Waals surface area (Å²) in [7, 11) is 0. The lowest BCUT2D eigenvalue weighted by molar-refractivity contribution is -0.384. The van der Waals surface area contributed by atoms with Crippen LogP contribution < -0.4 is 10.6 Å². The molecule has 1 aromatic carbocycles. The van der Waals surface area contributed by atoms with E-state index in [1.54, 1.807) is 6.07 Å². The van der Waals surface area contributed by atoms with Crippen LogP contribution in [0.1, 0.15) is 25.3 Å². The van der Waals surface area contributed by atoms with Gasteiger partial charge >= 0.3 is 0 Å². The van der Waals surface area contributed by atoms with Crippen molar-refractivity contribution >= 4 is 23.0 Å². The summed E-state index contributed by atoms with van der Waals surface area (Å²) in [5, 5.41) is 17.8. The number of benzene rings is 1. The first kappa shape index (κ1) is 14.1. The lowest BCUT2D eigenvalue weighted by atomic mass is 9.99. The average molecular weight is 284 g/mol. The summed E-state index contributed by atoms with van der Waals surface area (Å²) < 4.78 is 0. The molecule has 0 aliphatic carbocycles. The molecule has 2 rings (SSSR count). The lowest BCUT2D eigenvalue weighted by Crippen LogP contribution is -2.46. The van der Waals surface area contributed by atoms with E-state index in [1.807, 2.05) is 6.92 Å². The van der Waals surface area contributed by atoms with Crippen LogP contribution in [0.2, 0.25) is 5.02 Å². The van der Waals surface area contributed by atoms with Gasteiger partial charge in [0, 0.05) is 23.8 Å². The van der Waals surface area contributed by atoms with E-state index in [1.165, 1.54) is 6.07 Å². The Kier molecular flexibility index (Phi) is 4.27. The summed E-state index contributed by atoms with van der Waals surface area (Å²) >= 11 is 5.95. The Balaban J connectivity index is 2.21. The van der Waals surface area contributed by atoms with Crippen LogP contribution in [-0.2, 0) is 0 Å². The Morgan fingerprint density at radius 3 is 2.89 bits per heavy atom. The summed E-state index contributed by atoms with van der Waals surface area (Å²) in [5.74, 6) is 0. The van der Waals surface area contributed by atoms with Crippen LogP contribution in [0.5, 0.6) is 0 Å². The minimum Gasteiger partial charge on any atom is -0.380 e. The fourth-order valence-electron chi connectivity index (χ4n) is 2.40. The predicted octanol–water partition coefficient (Wildman–Crippen LogP) is 3.11. The molecule has 1 heterocycles. The number of hydrogen-bond donors (Lipinski definition) is 2. The van der Waals surface area contributed by atoms with Crippen LogP contribution in [0.4, 0.5) is 11.4 Å². The zero-order chi connectivity index (χ0) is 14.0. The highest BCUT2D eigenvalue weighted by Gasteiger charge is 2.22. The van der Waals surface area contributed by atoms with E-state index in [0.717, 1.165) is 30.6 Å². The van der Waals surface area contributed by atoms with Gasteiger partial charge in [-0.05, 0) is 44.9 Å². The molecule has 0 amide bonds. The number of halogens is 1. The number of aryl methyl sites for hydroxylation is 1. The van der Waals surface area contributed by atoms with Crippen LogP contribution >= 0.6 is 11.6 Å². The number of rotatable bonds is 3. The van der Waals surface area contributed by atoms with Crippen LogP contribution in [0.25, 0.3) is 0 Å². The van der Waals surface area contributed by atoms with Gasteiger partial charge < -0.3 is 10.6 Å². The zero-order valence-corrected chi connectivity index (χ0v) is 11.8. The summed E-state index contributed by atoms with van der Waals surface area (Å²) in [6.45, 7) is 5.03. The van der Waals surface area contributed by atoms with E-state index in [0.29, 0.717) is 12.1 Å². The monoisotopic (exact) mass is 283 g/mol. The molecule has 1 saturated heterocycles. The number of nitrogens with zero attached hydrogens (tertiary/aromatic N) is 1. The van der Waals surface area contributed by atoms with Crippen molar-refractivity contribution in [1.29, 1.82) is 0 Å². The van der Waals surface area contributed by atoms with Crippen molar-refractivity contribution in [2.24, 2.45) is 0 Å². The van der Waals surface area contributed by atoms with Gasteiger partial charge in [-0.1, -0.05) is 11.6 Å². The number of nitro benzene ring substituents is 1. The average Bonchev–Trinajstić information content (AvgIpc) is 2.35. The Bertz CT molecular complexity index is 493. The van der Waals surface area contributed by atoms with Gasteiger partial charge in [0.1, 0.15) is 5.02 Å². The quantitative estimate of drug-likeness (QED) is 0.661. The van der Waals surface area contributed by atoms with Gasteiger partial charge in [-0.15, -0.1) is 0 Å². The molecule has 0 aromatic heterocycles. The molecule has 2 N–H and O–H groups in total. The maximum absolute atomic E-state index is 10.8. The van der Waals surface area contributed by atoms with E-state index < -0.39 is 4.92 Å². The fourth-order valence-corrected chi connectivity index (χ4v) is 2.64. The molecule has 0 saturated carbocycles. The van der Waals surface area contributed by atoms with Crippen LogP contribution in [0.15, 0.2) is 12.1 Å². The summed E-state index contributed by atoms with van der Waals surface area (Å²) in [5.41, 5.74) is 1.67. The van der Waals surface area contributed by atoms with Crippen molar-refractivity contribution in [2.75, 3.05) is 11.9 Å². The van der Waals surface area contributed by atoms with Crippen molar-refractivity contribution in [2.45, 2.75) is 38.8 Å². The third-order valence-corrected chi connectivity index (χ3v) is 3.90. The molecule has 6 heteroatoms. The standard InChI is InChI=1S/C13H18ClN3O2/c1-8-6-13(17(18)19)10(14)7-12(8)16-11-4-3-5-15-9(11)2/h6-7,9,11,15-16H,3-5H2,1-2H3. The van der Waals surface area contributed by atoms with Gasteiger partial charge in [0.15, 0.2) is 0 Å². The molecule has 0 spiro atoms. The third kappa shape index (κ3) is 3.16. The molecule has 1 aliphatic heterocycles. The number of nitrogens with one attached hydrogen (secondary N) is 2. The second-order valence-electron chi connectivity index (χ2n) is 5.01. The maximum Gasteiger partial charge on any atom is 0.288 e. The van der Waals surface area contributed by atoms with Crippen molar-refractivity contribution in [3.8, 4) is 0 Å². The van der Waals surface area contributed by atoms with Gasteiger partial charge in [0.2, 0.25) is 0 Å². The van der Waals surface area contributed by atoms with Crippen LogP contribution in [-0.4, -0.2) is 23.6 Å². The highest BCUT2D eigenvalue weighted by atomic mass is 35.5. The Morgan fingerprint density at radius 1 is 1.53 bits per heavy atom. The lowest BCUT2D eigenvalue weighted by Gasteiger charge is -2.32. The van der Waals surface area contributed by atoms with Crippen molar-refractivity contribution in [1.82, 2.24) is 5.32 Å². The van der Waals surface area contributed by atoms with Gasteiger partial charge in [0.25, 0.3) is 5.69 Å². The molecule has 2 unspecified atom stereocenters.